The van der Waals surface area contributed by atoms with Crippen molar-refractivity contribution >= 4 is 13.7 Å². The summed E-state index contributed by atoms with van der Waals surface area (Å²) in [5.41, 5.74) is 0. The number of nitrogens with one attached hydrogen (secondary N) is 1. The Morgan fingerprint density at radius 1 is 0.493 bits per heavy atom. The predicted octanol–water partition coefficient (Wildman–Crippen LogP) is 17.9. The average molecular weight is 1020 g/mol. The third kappa shape index (κ3) is 55.8. The molecule has 0 bridgehead atoms. The van der Waals surface area contributed by atoms with Crippen LogP contribution in [0.4, 0.5) is 0 Å². The van der Waals surface area contributed by atoms with E-state index in [1.807, 2.05) is 27.2 Å². The molecular formula is C62H117N2O6P. The van der Waals surface area contributed by atoms with Crippen LogP contribution in [-0.2, 0) is 18.4 Å². The first-order valence-electron chi connectivity index (χ1n) is 30.2. The van der Waals surface area contributed by atoms with Crippen LogP contribution in [0.2, 0.25) is 0 Å². The first kappa shape index (κ1) is 69.2. The van der Waals surface area contributed by atoms with Gasteiger partial charge in [-0.3, -0.25) is 9.36 Å². The molecule has 3 atom stereocenters. The quantitative estimate of drug-likeness (QED) is 0.0272. The Hall–Kier alpha value is -1.80. The minimum Gasteiger partial charge on any atom is -0.756 e. The minimum atomic E-state index is -4.61. The number of rotatable bonds is 55. The maximum Gasteiger partial charge on any atom is 0.268 e. The van der Waals surface area contributed by atoms with E-state index in [1.54, 1.807) is 6.08 Å². The number of aliphatic hydroxyl groups is 1. The van der Waals surface area contributed by atoms with Gasteiger partial charge in [-0.25, -0.2) is 0 Å². The maximum atomic E-state index is 13.0. The molecule has 71 heavy (non-hydrogen) atoms. The number of hydrogen-bond donors (Lipinski definition) is 2. The molecule has 0 aromatic rings. The lowest BCUT2D eigenvalue weighted by molar-refractivity contribution is -0.870. The molecule has 0 rings (SSSR count). The van der Waals surface area contributed by atoms with Gasteiger partial charge in [0, 0.05) is 6.42 Å². The van der Waals surface area contributed by atoms with Crippen molar-refractivity contribution in [1.82, 2.24) is 5.32 Å². The van der Waals surface area contributed by atoms with E-state index in [2.05, 4.69) is 67.8 Å². The highest BCUT2D eigenvalue weighted by molar-refractivity contribution is 7.45. The van der Waals surface area contributed by atoms with Crippen molar-refractivity contribution in [2.45, 2.75) is 289 Å². The van der Waals surface area contributed by atoms with Crippen LogP contribution in [0.1, 0.15) is 277 Å². The number of nitrogens with zero attached hydrogens (tertiary/aromatic N) is 1. The van der Waals surface area contributed by atoms with E-state index in [9.17, 15) is 19.4 Å². The van der Waals surface area contributed by atoms with Crippen molar-refractivity contribution in [2.24, 2.45) is 0 Å². The largest absolute Gasteiger partial charge is 0.756 e. The van der Waals surface area contributed by atoms with Gasteiger partial charge < -0.3 is 28.8 Å². The molecule has 9 heteroatoms. The number of unbranched alkanes of at least 4 members (excludes halogenated alkanes) is 34. The van der Waals surface area contributed by atoms with E-state index in [0.29, 0.717) is 17.4 Å². The third-order valence-electron chi connectivity index (χ3n) is 13.4. The second kappa shape index (κ2) is 53.0. The van der Waals surface area contributed by atoms with Gasteiger partial charge in [-0.2, -0.15) is 0 Å². The lowest BCUT2D eigenvalue weighted by Crippen LogP contribution is -2.45. The molecular weight excluding hydrogens is 900 g/mol. The molecule has 1 amide bonds. The lowest BCUT2D eigenvalue weighted by Gasteiger charge is -2.29. The van der Waals surface area contributed by atoms with Crippen LogP contribution < -0.4 is 10.2 Å². The molecule has 0 aliphatic heterocycles. The standard InChI is InChI=1S/C62H117N2O6P/c1-6-8-10-12-14-16-18-20-22-24-25-26-27-28-29-30-31-32-33-34-35-36-37-38-39-40-42-44-46-48-50-52-54-56-62(66)63-60(59-70-71(67,68)69-58-57-64(3,4)5)61(65)55-53-51-49-47-45-43-41-23-21-19-17-15-13-11-9-7-2/h18,20-21,23-25,45,47,53,55,60-61,65H,6-17,19,22,26-44,46,48-52,54,56-59H2,1-5H3,(H-,63,66,67,68)/b20-18-,23-21+,25-24-,47-45+,55-53+. The van der Waals surface area contributed by atoms with E-state index in [1.165, 1.54) is 205 Å². The van der Waals surface area contributed by atoms with Gasteiger partial charge in [0.15, 0.2) is 0 Å². The Balaban J connectivity index is 4.07. The van der Waals surface area contributed by atoms with Crippen molar-refractivity contribution in [3.05, 3.63) is 60.8 Å². The highest BCUT2D eigenvalue weighted by Gasteiger charge is 2.23. The summed E-state index contributed by atoms with van der Waals surface area (Å²) in [7, 11) is 1.24. The number of likely N-dealkylation sites (N-methyl/N-ethyl adjacent to an activating group) is 1. The Morgan fingerprint density at radius 3 is 1.23 bits per heavy atom. The number of phosphoric acid groups is 1. The number of carbonyl (C=O) groups excluding carboxylic acids is 1. The zero-order chi connectivity index (χ0) is 52.0. The molecule has 0 saturated carbocycles. The van der Waals surface area contributed by atoms with Gasteiger partial charge in [0.25, 0.3) is 7.82 Å². The number of phosphoric ester groups is 1. The molecule has 0 aliphatic rings. The molecule has 0 fully saturated rings. The van der Waals surface area contributed by atoms with Crippen molar-refractivity contribution in [2.75, 3.05) is 40.9 Å². The fraction of sp³-hybridized carbons (Fsp3) is 0.823. The molecule has 8 nitrogen and oxygen atoms in total. The van der Waals surface area contributed by atoms with Gasteiger partial charge in [-0.05, 0) is 77.0 Å². The minimum absolute atomic E-state index is 0.00920. The van der Waals surface area contributed by atoms with E-state index in [0.717, 1.165) is 51.4 Å². The third-order valence-corrected chi connectivity index (χ3v) is 14.4. The summed E-state index contributed by atoms with van der Waals surface area (Å²) in [6, 6.07) is -0.910. The van der Waals surface area contributed by atoms with Crippen molar-refractivity contribution < 1.29 is 32.9 Å². The second-order valence-electron chi connectivity index (χ2n) is 21.7. The average Bonchev–Trinajstić information content (AvgIpc) is 3.33. The molecule has 0 heterocycles. The molecule has 0 aromatic carbocycles. The van der Waals surface area contributed by atoms with Crippen LogP contribution in [-0.4, -0.2) is 68.5 Å². The Bertz CT molecular complexity index is 1340. The SMILES string of the molecule is CCCCCCC/C=C\C/C=C\CCCCCCCCCCCCCCCCCCCCCCCC(=O)NC(COP(=O)([O-])OCC[N+](C)(C)C)C(O)/C=C/CC/C=C/CC/C=C/CCCCCCCC. The van der Waals surface area contributed by atoms with Gasteiger partial charge in [0.05, 0.1) is 39.9 Å². The monoisotopic (exact) mass is 1020 g/mol. The smallest absolute Gasteiger partial charge is 0.268 e. The summed E-state index contributed by atoms with van der Waals surface area (Å²) in [4.78, 5) is 25.5. The van der Waals surface area contributed by atoms with Crippen LogP contribution in [0.15, 0.2) is 60.8 Å². The molecule has 0 radical (unpaired) electrons. The van der Waals surface area contributed by atoms with E-state index >= 15 is 0 Å². The van der Waals surface area contributed by atoms with E-state index < -0.39 is 26.6 Å². The first-order chi connectivity index (χ1) is 34.5. The van der Waals surface area contributed by atoms with Gasteiger partial charge in [-0.1, -0.05) is 254 Å². The Kier molecular flexibility index (Phi) is 51.7. The van der Waals surface area contributed by atoms with Crippen LogP contribution in [0.3, 0.4) is 0 Å². The van der Waals surface area contributed by atoms with Crippen molar-refractivity contribution in [3.8, 4) is 0 Å². The fourth-order valence-corrected chi connectivity index (χ4v) is 9.41. The Morgan fingerprint density at radius 2 is 0.831 bits per heavy atom. The molecule has 0 aliphatic carbocycles. The molecule has 416 valence electrons. The highest BCUT2D eigenvalue weighted by Crippen LogP contribution is 2.38. The number of hydrogen-bond acceptors (Lipinski definition) is 6. The lowest BCUT2D eigenvalue weighted by atomic mass is 10.0. The predicted molar refractivity (Wildman–Crippen MR) is 307 cm³/mol. The van der Waals surface area contributed by atoms with Gasteiger partial charge in [-0.15, -0.1) is 0 Å². The van der Waals surface area contributed by atoms with E-state index in [-0.39, 0.29) is 12.5 Å². The topological polar surface area (TPSA) is 108 Å². The fourth-order valence-electron chi connectivity index (χ4n) is 8.69. The number of carbonyl (C=O) groups is 1. The van der Waals surface area contributed by atoms with Crippen LogP contribution in [0.25, 0.3) is 0 Å². The maximum absolute atomic E-state index is 13.0. The summed E-state index contributed by atoms with van der Waals surface area (Å²) < 4.78 is 23.3. The molecule has 3 unspecified atom stereocenters. The number of aliphatic hydroxyl groups excluding tert-OH is 1. The van der Waals surface area contributed by atoms with Crippen molar-refractivity contribution in [1.29, 1.82) is 0 Å². The summed E-state index contributed by atoms with van der Waals surface area (Å²) in [5, 5.41) is 13.8. The molecule has 0 saturated heterocycles. The van der Waals surface area contributed by atoms with Crippen LogP contribution in [0, 0.1) is 0 Å². The number of amides is 1. The summed E-state index contributed by atoms with van der Waals surface area (Å²) in [6.45, 7) is 4.62. The normalized spacial score (nSPS) is 14.3. The zero-order valence-corrected chi connectivity index (χ0v) is 48.3. The van der Waals surface area contributed by atoms with Crippen LogP contribution >= 0.6 is 7.82 Å². The summed E-state index contributed by atoms with van der Waals surface area (Å²) in [6.07, 6.45) is 71.8. The first-order valence-corrected chi connectivity index (χ1v) is 31.6. The highest BCUT2D eigenvalue weighted by atomic mass is 31.2. The second-order valence-corrected chi connectivity index (χ2v) is 23.1. The van der Waals surface area contributed by atoms with Crippen molar-refractivity contribution in [3.63, 3.8) is 0 Å². The molecule has 2 N–H and O–H groups in total. The zero-order valence-electron chi connectivity index (χ0n) is 47.4. The van der Waals surface area contributed by atoms with E-state index in [4.69, 9.17) is 9.05 Å². The number of quaternary nitrogens is 1. The number of allylic oxidation sites excluding steroid dienone is 9. The summed E-state index contributed by atoms with van der Waals surface area (Å²) >= 11 is 0. The van der Waals surface area contributed by atoms with Gasteiger partial charge in [0.1, 0.15) is 13.2 Å². The summed E-state index contributed by atoms with van der Waals surface area (Å²) in [5.74, 6) is -0.209. The van der Waals surface area contributed by atoms with Gasteiger partial charge in [0.2, 0.25) is 5.91 Å². The molecule has 0 spiro atoms. The Labute approximate surface area is 441 Å². The van der Waals surface area contributed by atoms with Gasteiger partial charge >= 0.3 is 0 Å². The molecule has 0 aromatic heterocycles. The van der Waals surface area contributed by atoms with Crippen LogP contribution in [0.5, 0.6) is 0 Å².